The van der Waals surface area contributed by atoms with Crippen LogP contribution in [0.4, 0.5) is 11.5 Å². The first-order valence-electron chi connectivity index (χ1n) is 11.9. The molecule has 4 rings (SSSR count). The van der Waals surface area contributed by atoms with Crippen molar-refractivity contribution in [3.05, 3.63) is 59.3 Å². The van der Waals surface area contributed by atoms with E-state index in [2.05, 4.69) is 30.4 Å². The summed E-state index contributed by atoms with van der Waals surface area (Å²) in [7, 11) is 1.82. The van der Waals surface area contributed by atoms with Gasteiger partial charge in [-0.05, 0) is 52.0 Å². The Labute approximate surface area is 220 Å². The minimum atomic E-state index is -1.06. The lowest BCUT2D eigenvalue weighted by atomic mass is 10.0. The smallest absolute Gasteiger partial charge is 0.223 e. The number of nitrogens with one attached hydrogen (secondary N) is 1. The summed E-state index contributed by atoms with van der Waals surface area (Å²) in [5, 5.41) is 18.7. The Morgan fingerprint density at radius 1 is 1.22 bits per heavy atom. The van der Waals surface area contributed by atoms with E-state index >= 15 is 0 Å². The van der Waals surface area contributed by atoms with Gasteiger partial charge in [-0.25, -0.2) is 24.6 Å². The number of aromatic nitrogens is 6. The molecule has 4 aromatic heterocycles. The second-order valence-corrected chi connectivity index (χ2v) is 9.75. The Morgan fingerprint density at radius 2 is 2.00 bits per heavy atom. The molecular weight excluding hydrogens is 492 g/mol. The molecule has 0 spiro atoms. The molecule has 0 aliphatic carbocycles. The first-order valence-corrected chi connectivity index (χ1v) is 12.3. The molecule has 0 unspecified atom stereocenters. The molecule has 0 saturated carbocycles. The molecule has 37 heavy (non-hydrogen) atoms. The van der Waals surface area contributed by atoms with E-state index in [1.54, 1.807) is 49.1 Å². The molecule has 0 amide bonds. The number of aliphatic hydroxyl groups is 1. The molecule has 10 nitrogen and oxygen atoms in total. The Kier molecular flexibility index (Phi) is 7.60. The van der Waals surface area contributed by atoms with Gasteiger partial charge >= 0.3 is 0 Å². The number of rotatable bonds is 9. The topological polar surface area (TPSA) is 137 Å². The average molecular weight is 523 g/mol. The van der Waals surface area contributed by atoms with Crippen LogP contribution < -0.4 is 15.8 Å². The first-order chi connectivity index (χ1) is 17.5. The van der Waals surface area contributed by atoms with Crippen molar-refractivity contribution in [2.24, 2.45) is 7.05 Å². The summed E-state index contributed by atoms with van der Waals surface area (Å²) >= 11 is 6.20. The third kappa shape index (κ3) is 6.15. The minimum absolute atomic E-state index is 0.153. The van der Waals surface area contributed by atoms with Crippen LogP contribution in [0, 0.1) is 6.92 Å². The Morgan fingerprint density at radius 3 is 2.73 bits per heavy atom. The van der Waals surface area contributed by atoms with Gasteiger partial charge in [0, 0.05) is 43.7 Å². The number of aryl methyl sites for hydroxylation is 2. The summed E-state index contributed by atoms with van der Waals surface area (Å²) in [5.41, 5.74) is 9.11. The molecule has 194 valence electrons. The maximum Gasteiger partial charge on any atom is 0.223 e. The number of pyridine rings is 2. The van der Waals surface area contributed by atoms with Crippen molar-refractivity contribution in [3.63, 3.8) is 0 Å². The van der Waals surface area contributed by atoms with Crippen LogP contribution in [-0.4, -0.2) is 47.5 Å². The number of halogens is 1. The molecule has 0 radical (unpaired) electrons. The van der Waals surface area contributed by atoms with E-state index in [4.69, 9.17) is 22.1 Å². The van der Waals surface area contributed by atoms with E-state index in [1.807, 2.05) is 33.0 Å². The third-order valence-electron chi connectivity index (χ3n) is 5.77. The fourth-order valence-corrected chi connectivity index (χ4v) is 4.05. The molecule has 0 fully saturated rings. The summed E-state index contributed by atoms with van der Waals surface area (Å²) in [4.78, 5) is 17.5. The van der Waals surface area contributed by atoms with Gasteiger partial charge in [-0.1, -0.05) is 17.7 Å². The van der Waals surface area contributed by atoms with Crippen LogP contribution in [0.2, 0.25) is 5.15 Å². The zero-order valence-corrected chi connectivity index (χ0v) is 22.3. The van der Waals surface area contributed by atoms with Crippen molar-refractivity contribution in [2.45, 2.75) is 45.8 Å². The van der Waals surface area contributed by atoms with Crippen molar-refractivity contribution >= 4 is 23.1 Å². The van der Waals surface area contributed by atoms with Gasteiger partial charge in [-0.15, -0.1) is 0 Å². The highest BCUT2D eigenvalue weighted by atomic mass is 35.5. The summed E-state index contributed by atoms with van der Waals surface area (Å²) < 4.78 is 7.97. The van der Waals surface area contributed by atoms with Gasteiger partial charge in [-0.2, -0.15) is 5.10 Å². The van der Waals surface area contributed by atoms with E-state index in [0.29, 0.717) is 47.0 Å². The summed E-state index contributed by atoms with van der Waals surface area (Å²) in [6.45, 7) is 7.88. The van der Waals surface area contributed by atoms with Gasteiger partial charge in [0.05, 0.1) is 23.2 Å². The van der Waals surface area contributed by atoms with Gasteiger partial charge in [0.2, 0.25) is 5.88 Å². The molecular formula is C26H31ClN8O2. The molecule has 0 aliphatic heterocycles. The van der Waals surface area contributed by atoms with Crippen LogP contribution in [0.3, 0.4) is 0 Å². The van der Waals surface area contributed by atoms with Crippen molar-refractivity contribution in [1.82, 2.24) is 29.7 Å². The van der Waals surface area contributed by atoms with Gasteiger partial charge in [0.15, 0.2) is 5.82 Å². The largest absolute Gasteiger partial charge is 0.474 e. The number of nitrogen functional groups attached to an aromatic ring is 1. The number of nitrogens with zero attached hydrogens (tertiary/aromatic N) is 6. The summed E-state index contributed by atoms with van der Waals surface area (Å²) in [5.74, 6) is 1.43. The fraction of sp³-hybridized carbons (Fsp3) is 0.346. The van der Waals surface area contributed by atoms with Crippen molar-refractivity contribution in [2.75, 3.05) is 17.6 Å². The lowest BCUT2D eigenvalue weighted by Gasteiger charge is -2.19. The van der Waals surface area contributed by atoms with Crippen LogP contribution in [0.25, 0.3) is 22.6 Å². The number of ether oxygens (including phenoxy) is 1. The number of nitrogens with two attached hydrogens (primary N) is 1. The highest BCUT2D eigenvalue weighted by Crippen LogP contribution is 2.32. The third-order valence-corrected chi connectivity index (χ3v) is 5.98. The number of hydrogen-bond acceptors (Lipinski definition) is 9. The second-order valence-electron chi connectivity index (χ2n) is 9.36. The van der Waals surface area contributed by atoms with Crippen LogP contribution >= 0.6 is 11.6 Å². The molecule has 0 saturated heterocycles. The predicted octanol–water partition coefficient (Wildman–Crippen LogP) is 4.38. The molecule has 4 aromatic rings. The van der Waals surface area contributed by atoms with Crippen LogP contribution in [-0.2, 0) is 12.6 Å². The van der Waals surface area contributed by atoms with Gasteiger partial charge in [0.1, 0.15) is 22.1 Å². The van der Waals surface area contributed by atoms with E-state index in [1.165, 1.54) is 0 Å². The van der Waals surface area contributed by atoms with Crippen LogP contribution in [0.1, 0.15) is 38.6 Å². The predicted molar refractivity (Wildman–Crippen MR) is 144 cm³/mol. The Bertz CT molecular complexity index is 1400. The summed E-state index contributed by atoms with van der Waals surface area (Å²) in [6, 6.07) is 8.94. The van der Waals surface area contributed by atoms with E-state index in [0.717, 1.165) is 22.5 Å². The minimum Gasteiger partial charge on any atom is -0.474 e. The molecule has 1 atom stereocenters. The van der Waals surface area contributed by atoms with Crippen LogP contribution in [0.5, 0.6) is 5.88 Å². The van der Waals surface area contributed by atoms with Gasteiger partial charge in [0.25, 0.3) is 0 Å². The van der Waals surface area contributed by atoms with Gasteiger partial charge < -0.3 is 20.9 Å². The first kappa shape index (κ1) is 26.3. The van der Waals surface area contributed by atoms with Crippen molar-refractivity contribution < 1.29 is 9.84 Å². The number of hydrogen-bond donors (Lipinski definition) is 3. The van der Waals surface area contributed by atoms with E-state index in [9.17, 15) is 5.11 Å². The average Bonchev–Trinajstić information content (AvgIpc) is 3.11. The molecule has 0 aromatic carbocycles. The zero-order chi connectivity index (χ0) is 26.7. The lowest BCUT2D eigenvalue weighted by Crippen LogP contribution is -2.19. The SMILES string of the molecule is Cc1nn(C)c(O[C@@H](C)CCNc2cc(Cl)ncc2-c2cccc(C(C)(C)O)n2)c1-c1nccc(N)n1. The van der Waals surface area contributed by atoms with Crippen molar-refractivity contribution in [3.8, 4) is 28.5 Å². The lowest BCUT2D eigenvalue weighted by molar-refractivity contribution is 0.0740. The Balaban J connectivity index is 1.48. The normalized spacial score (nSPS) is 12.4. The molecule has 11 heteroatoms. The van der Waals surface area contributed by atoms with Gasteiger partial charge in [-0.3, -0.25) is 0 Å². The maximum absolute atomic E-state index is 10.4. The monoisotopic (exact) mass is 522 g/mol. The highest BCUT2D eigenvalue weighted by Gasteiger charge is 2.22. The van der Waals surface area contributed by atoms with Crippen LogP contribution in [0.15, 0.2) is 42.7 Å². The molecule has 0 bridgehead atoms. The summed E-state index contributed by atoms with van der Waals surface area (Å²) in [6.07, 6.45) is 3.82. The zero-order valence-electron chi connectivity index (χ0n) is 21.5. The number of anilines is 2. The molecule has 4 N–H and O–H groups in total. The van der Waals surface area contributed by atoms with E-state index < -0.39 is 5.60 Å². The quantitative estimate of drug-likeness (QED) is 0.273. The highest BCUT2D eigenvalue weighted by molar-refractivity contribution is 6.29. The Hall–Kier alpha value is -3.76. The molecule has 0 aliphatic rings. The second kappa shape index (κ2) is 10.7. The fourth-order valence-electron chi connectivity index (χ4n) is 3.89. The van der Waals surface area contributed by atoms with E-state index in [-0.39, 0.29) is 6.10 Å². The maximum atomic E-state index is 10.4. The standard InChI is InChI=1S/C26H31ClN8O2/c1-15(37-25-23(16(2)34-35(25)5)24-30-12-10-22(28)33-24)9-11-29-19-13-21(27)31-14-17(19)18-7-6-8-20(32-18)26(3,4)36/h6-8,10,12-15,36H,9,11H2,1-5H3,(H,29,31)(H2,28,30,33)/t15-/m0/s1. The van der Waals surface area contributed by atoms with Crippen molar-refractivity contribution in [1.29, 1.82) is 0 Å². The molecule has 4 heterocycles.